The molecule has 3 amide bonds. The van der Waals surface area contributed by atoms with E-state index in [-0.39, 0.29) is 5.11 Å². The van der Waals surface area contributed by atoms with Crippen molar-refractivity contribution in [1.29, 1.82) is 0 Å². The minimum atomic E-state index is -1.17. The largest absolute Gasteiger partial charge is 0.497 e. The molecule has 0 aromatic heterocycles. The maximum atomic E-state index is 12.7. The Hall–Kier alpha value is -2.35. The number of amides is 3. The highest BCUT2D eigenvalue weighted by Crippen LogP contribution is 2.30. The smallest absolute Gasteiger partial charge is 0.344 e. The van der Waals surface area contributed by atoms with E-state index in [0.29, 0.717) is 17.4 Å². The quantitative estimate of drug-likeness (QED) is 0.563. The summed E-state index contributed by atoms with van der Waals surface area (Å²) in [6.45, 7) is 1.65. The van der Waals surface area contributed by atoms with Gasteiger partial charge in [-0.25, -0.2) is 4.79 Å². The molecule has 0 radical (unpaired) electrons. The van der Waals surface area contributed by atoms with Gasteiger partial charge in [0, 0.05) is 6.04 Å². The number of imide groups is 1. The van der Waals surface area contributed by atoms with Crippen LogP contribution in [0.2, 0.25) is 0 Å². The number of ether oxygens (including phenoxy) is 1. The number of hydrogen-bond acceptors (Lipinski definition) is 4. The summed E-state index contributed by atoms with van der Waals surface area (Å²) < 4.78 is 5.18. The molecule has 122 valence electrons. The van der Waals surface area contributed by atoms with Crippen LogP contribution >= 0.6 is 12.2 Å². The van der Waals surface area contributed by atoms with Gasteiger partial charge in [-0.2, -0.15) is 5.01 Å². The van der Waals surface area contributed by atoms with Crippen molar-refractivity contribution in [3.8, 4) is 5.75 Å². The average molecular weight is 334 g/mol. The lowest BCUT2D eigenvalue weighted by Crippen LogP contribution is -2.51. The summed E-state index contributed by atoms with van der Waals surface area (Å²) in [5.41, 5.74) is 2.13. The van der Waals surface area contributed by atoms with Gasteiger partial charge in [0.05, 0.1) is 7.11 Å². The molecule has 23 heavy (non-hydrogen) atoms. The number of methoxy groups -OCH3 is 1. The number of nitrogens with zero attached hydrogens (tertiary/aromatic N) is 1. The Kier molecular flexibility index (Phi) is 3.85. The minimum Gasteiger partial charge on any atom is -0.497 e. The van der Waals surface area contributed by atoms with Gasteiger partial charge in [-0.15, -0.1) is 0 Å². The monoisotopic (exact) mass is 334 g/mol. The number of carbonyl (C=O) groups is 2. The van der Waals surface area contributed by atoms with E-state index in [0.717, 1.165) is 17.9 Å². The number of hydrazine groups is 1. The molecular weight excluding hydrogens is 316 g/mol. The van der Waals surface area contributed by atoms with Crippen molar-refractivity contribution in [2.24, 2.45) is 0 Å². The fourth-order valence-electron chi connectivity index (χ4n) is 2.42. The highest BCUT2D eigenvalue weighted by molar-refractivity contribution is 7.80. The lowest BCUT2D eigenvalue weighted by atomic mass is 9.92. The third-order valence-corrected chi connectivity index (χ3v) is 4.17. The van der Waals surface area contributed by atoms with Crippen LogP contribution in [0.3, 0.4) is 0 Å². The Morgan fingerprint density at radius 3 is 2.83 bits per heavy atom. The molecule has 1 saturated carbocycles. The Morgan fingerprint density at radius 2 is 2.17 bits per heavy atom. The molecule has 1 aliphatic carbocycles. The molecule has 3 N–H and O–H groups in total. The summed E-state index contributed by atoms with van der Waals surface area (Å²) in [5.74, 6) is 0.193. The van der Waals surface area contributed by atoms with Gasteiger partial charge in [0.1, 0.15) is 11.3 Å². The van der Waals surface area contributed by atoms with Crippen LogP contribution in [-0.2, 0) is 10.3 Å². The molecule has 1 unspecified atom stereocenters. The van der Waals surface area contributed by atoms with Crippen LogP contribution in [0.1, 0.15) is 25.3 Å². The second kappa shape index (κ2) is 5.69. The van der Waals surface area contributed by atoms with Crippen molar-refractivity contribution in [3.63, 3.8) is 0 Å². The Labute approximate surface area is 139 Å². The summed E-state index contributed by atoms with van der Waals surface area (Å²) in [6, 6.07) is 6.83. The first-order chi connectivity index (χ1) is 10.9. The van der Waals surface area contributed by atoms with Crippen LogP contribution in [0.25, 0.3) is 0 Å². The lowest BCUT2D eigenvalue weighted by Gasteiger charge is -2.23. The van der Waals surface area contributed by atoms with Gasteiger partial charge >= 0.3 is 6.03 Å². The number of benzene rings is 1. The topological polar surface area (TPSA) is 82.7 Å². The van der Waals surface area contributed by atoms with Gasteiger partial charge in [-0.1, -0.05) is 12.1 Å². The summed E-state index contributed by atoms with van der Waals surface area (Å²) in [6.07, 6.45) is 2.09. The second-order valence-corrected chi connectivity index (χ2v) is 6.20. The molecule has 3 rings (SSSR count). The maximum Gasteiger partial charge on any atom is 0.344 e. The van der Waals surface area contributed by atoms with Crippen molar-refractivity contribution in [2.75, 3.05) is 7.11 Å². The Balaban J connectivity index is 1.79. The summed E-state index contributed by atoms with van der Waals surface area (Å²) in [4.78, 5) is 24.9. The van der Waals surface area contributed by atoms with Crippen LogP contribution in [-0.4, -0.2) is 35.2 Å². The molecule has 1 aromatic carbocycles. The number of hydrogen-bond donors (Lipinski definition) is 3. The van der Waals surface area contributed by atoms with Crippen LogP contribution in [0.4, 0.5) is 4.79 Å². The summed E-state index contributed by atoms with van der Waals surface area (Å²) in [7, 11) is 1.55. The second-order valence-electron chi connectivity index (χ2n) is 5.79. The molecule has 1 atom stereocenters. The Morgan fingerprint density at radius 1 is 1.43 bits per heavy atom. The first-order valence-corrected chi connectivity index (χ1v) is 7.73. The van der Waals surface area contributed by atoms with Crippen molar-refractivity contribution in [1.82, 2.24) is 21.1 Å². The molecule has 2 fully saturated rings. The number of rotatable bonds is 4. The van der Waals surface area contributed by atoms with Gasteiger partial charge in [-0.05, 0) is 49.7 Å². The van der Waals surface area contributed by atoms with Gasteiger partial charge < -0.3 is 15.4 Å². The molecule has 8 heteroatoms. The molecule has 0 spiro atoms. The van der Waals surface area contributed by atoms with Crippen LogP contribution in [0, 0.1) is 0 Å². The van der Waals surface area contributed by atoms with E-state index in [1.54, 1.807) is 38.3 Å². The SMILES string of the molecule is COc1cccc(C2(C)NC(=O)N(NC(=S)NC3CC3)C2=O)c1. The molecule has 1 heterocycles. The van der Waals surface area contributed by atoms with Gasteiger partial charge in [0.15, 0.2) is 5.11 Å². The predicted molar refractivity (Wildman–Crippen MR) is 87.6 cm³/mol. The maximum absolute atomic E-state index is 12.7. The van der Waals surface area contributed by atoms with Crippen molar-refractivity contribution < 1.29 is 14.3 Å². The van der Waals surface area contributed by atoms with Gasteiger partial charge in [-0.3, -0.25) is 10.2 Å². The van der Waals surface area contributed by atoms with Crippen molar-refractivity contribution >= 4 is 29.3 Å². The molecular formula is C15H18N4O3S. The molecule has 1 aromatic rings. The number of urea groups is 1. The van der Waals surface area contributed by atoms with E-state index in [9.17, 15) is 9.59 Å². The Bertz CT molecular complexity index is 676. The molecule has 0 bridgehead atoms. The molecule has 1 aliphatic heterocycles. The standard InChI is InChI=1S/C15H18N4O3S/c1-15(9-4-3-5-11(8-9)22-2)12(20)19(14(21)17-15)18-13(23)16-10-6-7-10/h3-5,8,10H,6-7H2,1-2H3,(H,17,21)(H2,16,18,23). The molecule has 1 saturated heterocycles. The van der Waals surface area contributed by atoms with Gasteiger partial charge in [0.2, 0.25) is 0 Å². The van der Waals surface area contributed by atoms with Crippen LogP contribution in [0.5, 0.6) is 5.75 Å². The first-order valence-electron chi connectivity index (χ1n) is 7.32. The number of nitrogens with one attached hydrogen (secondary N) is 3. The zero-order valence-electron chi connectivity index (χ0n) is 12.9. The highest BCUT2D eigenvalue weighted by Gasteiger charge is 2.50. The van der Waals surface area contributed by atoms with E-state index in [1.807, 2.05) is 0 Å². The zero-order chi connectivity index (χ0) is 16.6. The van der Waals surface area contributed by atoms with Crippen LogP contribution in [0.15, 0.2) is 24.3 Å². The normalized spacial score (nSPS) is 23.5. The van der Waals surface area contributed by atoms with Crippen LogP contribution < -0.4 is 20.8 Å². The summed E-state index contributed by atoms with van der Waals surface area (Å²) in [5, 5.41) is 6.92. The predicted octanol–water partition coefficient (Wildman–Crippen LogP) is 1.00. The van der Waals surface area contributed by atoms with E-state index in [2.05, 4.69) is 16.1 Å². The number of thiocarbonyl (C=S) groups is 1. The van der Waals surface area contributed by atoms with E-state index >= 15 is 0 Å². The average Bonchev–Trinajstić information content (AvgIpc) is 3.31. The zero-order valence-corrected chi connectivity index (χ0v) is 13.7. The van der Waals surface area contributed by atoms with Gasteiger partial charge in [0.25, 0.3) is 5.91 Å². The van der Waals surface area contributed by atoms with Crippen molar-refractivity contribution in [3.05, 3.63) is 29.8 Å². The number of carbonyl (C=O) groups excluding carboxylic acids is 2. The first kappa shape index (κ1) is 15.5. The third kappa shape index (κ3) is 2.94. The minimum absolute atomic E-state index is 0.269. The molecule has 2 aliphatic rings. The fourth-order valence-corrected chi connectivity index (χ4v) is 2.68. The summed E-state index contributed by atoms with van der Waals surface area (Å²) >= 11 is 5.13. The highest BCUT2D eigenvalue weighted by atomic mass is 32.1. The van der Waals surface area contributed by atoms with E-state index < -0.39 is 17.5 Å². The van der Waals surface area contributed by atoms with Crippen molar-refractivity contribution in [2.45, 2.75) is 31.3 Å². The lowest BCUT2D eigenvalue weighted by molar-refractivity contribution is -0.132. The fraction of sp³-hybridized carbons (Fsp3) is 0.400. The third-order valence-electron chi connectivity index (χ3n) is 3.96. The molecule has 7 nitrogen and oxygen atoms in total. The van der Waals surface area contributed by atoms with E-state index in [4.69, 9.17) is 17.0 Å². The van der Waals surface area contributed by atoms with E-state index in [1.165, 1.54) is 0 Å².